The van der Waals surface area contributed by atoms with E-state index in [0.717, 1.165) is 22.6 Å². The average molecular weight is 574 g/mol. The lowest BCUT2D eigenvalue weighted by Gasteiger charge is -2.44. The van der Waals surface area contributed by atoms with Crippen LogP contribution in [0.4, 0.5) is 34.1 Å². The van der Waals surface area contributed by atoms with Crippen molar-refractivity contribution in [2.24, 2.45) is 0 Å². The number of hydrogen-bond acceptors (Lipinski definition) is 3. The Morgan fingerprint density at radius 3 is 1.62 bits per heavy atom. The number of anilines is 6. The Morgan fingerprint density at radius 1 is 0.400 bits per heavy atom. The monoisotopic (exact) mass is 573 g/mol. The summed E-state index contributed by atoms with van der Waals surface area (Å²) in [4.78, 5) is 9.41. The van der Waals surface area contributed by atoms with E-state index in [1.165, 1.54) is 50.3 Å². The predicted molar refractivity (Wildman–Crippen MR) is 189 cm³/mol. The lowest BCUT2D eigenvalue weighted by atomic mass is 9.33. The zero-order valence-corrected chi connectivity index (χ0v) is 24.6. The molecule has 4 heteroatoms. The van der Waals surface area contributed by atoms with Crippen molar-refractivity contribution < 1.29 is 0 Å². The van der Waals surface area contributed by atoms with Gasteiger partial charge in [0.1, 0.15) is 0 Å². The molecule has 2 aliphatic heterocycles. The van der Waals surface area contributed by atoms with Gasteiger partial charge >= 0.3 is 0 Å². The zero-order chi connectivity index (χ0) is 29.7. The van der Waals surface area contributed by atoms with E-state index in [9.17, 15) is 0 Å². The minimum absolute atomic E-state index is 0.0927. The molecule has 0 amide bonds. The van der Waals surface area contributed by atoms with Gasteiger partial charge in [0.25, 0.3) is 6.71 Å². The Balaban J connectivity index is 1.27. The highest BCUT2D eigenvalue weighted by Gasteiger charge is 2.42. The van der Waals surface area contributed by atoms with Crippen molar-refractivity contribution in [3.63, 3.8) is 0 Å². The molecule has 0 N–H and O–H groups in total. The van der Waals surface area contributed by atoms with E-state index in [0.29, 0.717) is 0 Å². The molecule has 0 spiro atoms. The van der Waals surface area contributed by atoms with Crippen molar-refractivity contribution in [1.29, 1.82) is 0 Å². The summed E-state index contributed by atoms with van der Waals surface area (Å²) in [6, 6.07) is 59.0. The van der Waals surface area contributed by atoms with Gasteiger partial charge in [-0.25, -0.2) is 0 Å². The molecular weight excluding hydrogens is 545 g/mol. The maximum atomic E-state index is 4.54. The zero-order valence-electron chi connectivity index (χ0n) is 24.6. The first-order valence-electron chi connectivity index (χ1n) is 15.4. The third kappa shape index (κ3) is 4.11. The fraction of sp³-hybridized carbons (Fsp3) is 0. The molecule has 0 bridgehead atoms. The Morgan fingerprint density at radius 2 is 0.956 bits per heavy atom. The van der Waals surface area contributed by atoms with E-state index in [1.807, 2.05) is 18.3 Å². The number of fused-ring (bicyclic) bond motifs is 4. The second-order valence-electron chi connectivity index (χ2n) is 11.6. The summed E-state index contributed by atoms with van der Waals surface area (Å²) in [6.45, 7) is 0.0927. The Hall–Kier alpha value is -5.87. The van der Waals surface area contributed by atoms with Gasteiger partial charge in [-0.15, -0.1) is 0 Å². The SMILES string of the molecule is c1ccc(N2c3ccccc3B3c4cc(-c5ccc(-c6ccccn6)cc5)ccc4N(c4ccccc4)c4cccc2c43)cc1. The van der Waals surface area contributed by atoms with Crippen molar-refractivity contribution in [1.82, 2.24) is 4.98 Å². The minimum Gasteiger partial charge on any atom is -0.311 e. The highest BCUT2D eigenvalue weighted by atomic mass is 15.2. The molecule has 0 fully saturated rings. The van der Waals surface area contributed by atoms with E-state index >= 15 is 0 Å². The first-order valence-corrected chi connectivity index (χ1v) is 15.4. The number of rotatable bonds is 4. The van der Waals surface area contributed by atoms with E-state index in [4.69, 9.17) is 0 Å². The predicted octanol–water partition coefficient (Wildman–Crippen LogP) is 8.50. The van der Waals surface area contributed by atoms with Crippen LogP contribution >= 0.6 is 0 Å². The van der Waals surface area contributed by atoms with Crippen LogP contribution in [0.5, 0.6) is 0 Å². The quantitative estimate of drug-likeness (QED) is 0.197. The van der Waals surface area contributed by atoms with Gasteiger partial charge in [-0.2, -0.15) is 0 Å². The number of hydrogen-bond donors (Lipinski definition) is 0. The second kappa shape index (κ2) is 10.4. The van der Waals surface area contributed by atoms with Crippen molar-refractivity contribution in [3.05, 3.63) is 170 Å². The number of pyridine rings is 1. The largest absolute Gasteiger partial charge is 0.311 e. The summed E-state index contributed by atoms with van der Waals surface area (Å²) in [7, 11) is 0. The van der Waals surface area contributed by atoms with E-state index in [1.54, 1.807) is 0 Å². The van der Waals surface area contributed by atoms with Gasteiger partial charge in [-0.1, -0.05) is 103 Å². The lowest BCUT2D eigenvalue weighted by molar-refractivity contribution is 1.25. The first-order chi connectivity index (χ1) is 22.3. The fourth-order valence-electron chi connectivity index (χ4n) is 7.15. The van der Waals surface area contributed by atoms with Gasteiger partial charge in [0.2, 0.25) is 0 Å². The van der Waals surface area contributed by atoms with Gasteiger partial charge in [0.15, 0.2) is 0 Å². The molecule has 0 saturated carbocycles. The van der Waals surface area contributed by atoms with Crippen LogP contribution < -0.4 is 26.2 Å². The highest BCUT2D eigenvalue weighted by Crippen LogP contribution is 2.44. The smallest absolute Gasteiger partial charge is 0.252 e. The molecule has 2 aliphatic rings. The lowest BCUT2D eigenvalue weighted by Crippen LogP contribution is -2.61. The third-order valence-corrected chi connectivity index (χ3v) is 9.11. The third-order valence-electron chi connectivity index (χ3n) is 9.11. The number of benzene rings is 6. The highest BCUT2D eigenvalue weighted by molar-refractivity contribution is 7.00. The second-order valence-corrected chi connectivity index (χ2v) is 11.6. The molecule has 3 heterocycles. The van der Waals surface area contributed by atoms with Gasteiger partial charge in [0, 0.05) is 45.9 Å². The Kier molecular flexibility index (Phi) is 5.92. The number of aromatic nitrogens is 1. The van der Waals surface area contributed by atoms with E-state index in [-0.39, 0.29) is 6.71 Å². The van der Waals surface area contributed by atoms with Crippen molar-refractivity contribution in [2.75, 3.05) is 9.80 Å². The normalized spacial score (nSPS) is 12.8. The van der Waals surface area contributed by atoms with Gasteiger partial charge in [0.05, 0.1) is 5.69 Å². The topological polar surface area (TPSA) is 19.4 Å². The summed E-state index contributed by atoms with van der Waals surface area (Å²) >= 11 is 0. The van der Waals surface area contributed by atoms with Crippen LogP contribution in [0, 0.1) is 0 Å². The molecule has 1 aromatic heterocycles. The van der Waals surface area contributed by atoms with Crippen LogP contribution in [0.25, 0.3) is 22.4 Å². The summed E-state index contributed by atoms with van der Waals surface area (Å²) in [5.41, 5.74) is 15.7. The van der Waals surface area contributed by atoms with Crippen LogP contribution in [0.2, 0.25) is 0 Å². The summed E-state index contributed by atoms with van der Waals surface area (Å²) in [5.74, 6) is 0. The molecular formula is C41H28BN3. The Bertz CT molecular complexity index is 2150. The molecule has 0 radical (unpaired) electrons. The summed E-state index contributed by atoms with van der Waals surface area (Å²) in [6.07, 6.45) is 1.85. The van der Waals surface area contributed by atoms with Crippen LogP contribution in [0.15, 0.2) is 170 Å². The molecule has 0 aliphatic carbocycles. The molecule has 7 aromatic rings. The molecule has 0 atom stereocenters. The molecule has 0 unspecified atom stereocenters. The fourth-order valence-corrected chi connectivity index (χ4v) is 7.15. The molecule has 6 aromatic carbocycles. The maximum Gasteiger partial charge on any atom is 0.252 e. The molecule has 9 rings (SSSR count). The Labute approximate surface area is 263 Å². The van der Waals surface area contributed by atoms with Crippen LogP contribution in [0.3, 0.4) is 0 Å². The van der Waals surface area contributed by atoms with Crippen LogP contribution in [-0.4, -0.2) is 11.7 Å². The molecule has 210 valence electrons. The summed E-state index contributed by atoms with van der Waals surface area (Å²) in [5, 5.41) is 0. The standard InChI is InChI=1S/C41H28BN3/c1-3-12-32(13-4-1)44-37-18-8-7-16-34(37)42-35-28-31(29-21-23-30(24-22-29)36-17-9-10-27-43-36)25-26-38(35)45(33-14-5-2-6-15-33)40-20-11-19-39(44)41(40)42/h1-28H. The van der Waals surface area contributed by atoms with Gasteiger partial charge in [-0.3, -0.25) is 4.98 Å². The molecule has 0 saturated heterocycles. The van der Waals surface area contributed by atoms with Crippen LogP contribution in [0.1, 0.15) is 0 Å². The first kappa shape index (κ1) is 25.6. The van der Waals surface area contributed by atoms with Crippen LogP contribution in [-0.2, 0) is 0 Å². The van der Waals surface area contributed by atoms with Crippen molar-refractivity contribution >= 4 is 57.2 Å². The number of nitrogens with zero attached hydrogens (tertiary/aromatic N) is 3. The number of para-hydroxylation sites is 3. The molecule has 3 nitrogen and oxygen atoms in total. The maximum absolute atomic E-state index is 4.54. The van der Waals surface area contributed by atoms with E-state index < -0.39 is 0 Å². The van der Waals surface area contributed by atoms with Gasteiger partial charge in [-0.05, 0) is 88.2 Å². The van der Waals surface area contributed by atoms with Crippen molar-refractivity contribution in [3.8, 4) is 22.4 Å². The minimum atomic E-state index is 0.0927. The van der Waals surface area contributed by atoms with E-state index in [2.05, 4.69) is 166 Å². The molecule has 45 heavy (non-hydrogen) atoms. The average Bonchev–Trinajstić information content (AvgIpc) is 3.12. The summed E-state index contributed by atoms with van der Waals surface area (Å²) < 4.78 is 0. The van der Waals surface area contributed by atoms with Gasteiger partial charge < -0.3 is 9.80 Å². The van der Waals surface area contributed by atoms with Crippen molar-refractivity contribution in [2.45, 2.75) is 0 Å².